The monoisotopic (exact) mass is 747 g/mol. The minimum absolute atomic E-state index is 0.129. The number of carboxylic acids is 1. The second-order valence-corrected chi connectivity index (χ2v) is 18.2. The van der Waals surface area contributed by atoms with Crippen LogP contribution in [0.5, 0.6) is 0 Å². The molecule has 0 heterocycles. The summed E-state index contributed by atoms with van der Waals surface area (Å²) < 4.78 is 4.97. The molecule has 0 atom stereocenters. The van der Waals surface area contributed by atoms with Crippen molar-refractivity contribution in [2.45, 2.75) is 164 Å². The third-order valence-electron chi connectivity index (χ3n) is 7.37. The largest absolute Gasteiger partial charge is 0.478 e. The van der Waals surface area contributed by atoms with E-state index in [0.29, 0.717) is 18.2 Å². The molecule has 0 aromatic heterocycles. The number of carboxylic acid groups (broad SMARTS) is 1. The normalized spacial score (nSPS) is 11.6. The predicted octanol–water partition coefficient (Wildman–Crippen LogP) is 11.3. The van der Waals surface area contributed by atoms with Gasteiger partial charge in [-0.1, -0.05) is 148 Å². The van der Waals surface area contributed by atoms with E-state index in [0.717, 1.165) is 55.4 Å². The quantitative estimate of drug-likeness (QED) is 0.175. The summed E-state index contributed by atoms with van der Waals surface area (Å²) in [5.41, 5.74) is 0.607. The van der Waals surface area contributed by atoms with Crippen LogP contribution in [0.25, 0.3) is 0 Å². The fourth-order valence-electron chi connectivity index (χ4n) is 3.35. The van der Waals surface area contributed by atoms with E-state index in [1.165, 1.54) is 0 Å². The van der Waals surface area contributed by atoms with Gasteiger partial charge >= 0.3 is 5.97 Å². The van der Waals surface area contributed by atoms with E-state index in [1.54, 1.807) is 20.8 Å². The zero-order valence-corrected chi connectivity index (χ0v) is 37.2. The highest BCUT2D eigenvalue weighted by atomic mass is 16.5. The first-order valence-corrected chi connectivity index (χ1v) is 18.9. The highest BCUT2D eigenvalue weighted by Crippen LogP contribution is 2.23. The van der Waals surface area contributed by atoms with Crippen LogP contribution in [-0.4, -0.2) is 53.2 Å². The van der Waals surface area contributed by atoms with Crippen LogP contribution in [0.15, 0.2) is 36.4 Å². The number of rotatable bonds is 11. The minimum Gasteiger partial charge on any atom is -0.478 e. The maximum atomic E-state index is 11.9. The van der Waals surface area contributed by atoms with E-state index in [9.17, 15) is 28.8 Å². The van der Waals surface area contributed by atoms with Crippen LogP contribution in [0.4, 0.5) is 0 Å². The van der Waals surface area contributed by atoms with Gasteiger partial charge < -0.3 is 9.84 Å². The zero-order valence-electron chi connectivity index (χ0n) is 37.2. The van der Waals surface area contributed by atoms with E-state index in [2.05, 4.69) is 6.92 Å². The Morgan fingerprint density at radius 3 is 1.32 bits per heavy atom. The molecule has 0 radical (unpaired) electrons. The summed E-state index contributed by atoms with van der Waals surface area (Å²) in [5.74, 6) is -0.151. The van der Waals surface area contributed by atoms with Gasteiger partial charge in [-0.2, -0.15) is 0 Å². The summed E-state index contributed by atoms with van der Waals surface area (Å²) in [6.45, 7) is 37.4. The molecule has 1 aromatic rings. The Balaban J connectivity index is -0.000000285. The molecular formula is C45H78O8. The third-order valence-corrected chi connectivity index (χ3v) is 7.37. The summed E-state index contributed by atoms with van der Waals surface area (Å²) in [6.07, 6.45) is 6.54. The van der Waals surface area contributed by atoms with Crippen molar-refractivity contribution in [2.75, 3.05) is 13.2 Å². The second-order valence-electron chi connectivity index (χ2n) is 18.2. The fraction of sp³-hybridized carbons (Fsp3) is 0.689. The molecule has 0 aliphatic heterocycles. The van der Waals surface area contributed by atoms with Gasteiger partial charge in [0.05, 0.1) is 0 Å². The third kappa shape index (κ3) is 31.9. The standard InChI is InChI=1S/C12H16O.C9H18O.C8H12O3.C8H16O2.C8H16O/c1-9-7-5-6-8-10(9)11(13)12(2,3)4;1-5-6-7-8(10)9(2,3)4;1-8(2,3)6(9)4-5-7(10)11;1-5-10-6-7(9)8(2,3)4;1-5-6-7(9)8(2,3)4/h5-8H,1-4H3;5-7H2,1-4H3;4-5H,1-3H3,(H,10,11);5-6H2,1-4H3;5-6H2,1-4H3/b;;5-4-;;. The maximum absolute atomic E-state index is 11.9. The number of hydrogen-bond donors (Lipinski definition) is 1. The Bertz CT molecular complexity index is 1250. The second kappa shape index (κ2) is 26.5. The van der Waals surface area contributed by atoms with Crippen LogP contribution < -0.4 is 0 Å². The first kappa shape index (κ1) is 56.5. The smallest absolute Gasteiger partial charge is 0.328 e. The Hall–Kier alpha value is -3.26. The van der Waals surface area contributed by atoms with Gasteiger partial charge in [0.2, 0.25) is 0 Å². The molecule has 8 nitrogen and oxygen atoms in total. The lowest BCUT2D eigenvalue weighted by molar-refractivity contribution is -0.132. The summed E-state index contributed by atoms with van der Waals surface area (Å²) in [7, 11) is 0. The van der Waals surface area contributed by atoms with Gasteiger partial charge in [-0.3, -0.25) is 24.0 Å². The van der Waals surface area contributed by atoms with Gasteiger partial charge in [-0.25, -0.2) is 4.79 Å². The lowest BCUT2D eigenvalue weighted by atomic mass is 9.85. The lowest BCUT2D eigenvalue weighted by Gasteiger charge is -2.17. The van der Waals surface area contributed by atoms with E-state index < -0.39 is 11.4 Å². The molecule has 53 heavy (non-hydrogen) atoms. The Kier molecular flexibility index (Phi) is 28.2. The van der Waals surface area contributed by atoms with Gasteiger partial charge in [-0.15, -0.1) is 0 Å². The Labute approximate surface area is 324 Å². The van der Waals surface area contributed by atoms with Crippen molar-refractivity contribution < 1.29 is 38.6 Å². The van der Waals surface area contributed by atoms with Crippen molar-refractivity contribution in [2.24, 2.45) is 27.1 Å². The van der Waals surface area contributed by atoms with E-state index in [1.807, 2.05) is 128 Å². The number of hydrogen-bond acceptors (Lipinski definition) is 7. The van der Waals surface area contributed by atoms with Gasteiger partial charge in [0.15, 0.2) is 17.3 Å². The number of aryl methyl sites for hydroxylation is 1. The molecule has 0 spiro atoms. The molecule has 0 bridgehead atoms. The van der Waals surface area contributed by atoms with Crippen LogP contribution in [0, 0.1) is 34.0 Å². The summed E-state index contributed by atoms with van der Waals surface area (Å²) >= 11 is 0. The van der Waals surface area contributed by atoms with Crippen LogP contribution in [-0.2, 0) is 28.7 Å². The minimum atomic E-state index is -1.09. The van der Waals surface area contributed by atoms with Crippen LogP contribution in [0.2, 0.25) is 0 Å². The first-order valence-electron chi connectivity index (χ1n) is 18.9. The molecule has 1 aromatic carbocycles. The van der Waals surface area contributed by atoms with Gasteiger partial charge in [0, 0.05) is 58.2 Å². The number of benzene rings is 1. The van der Waals surface area contributed by atoms with Gasteiger partial charge in [-0.05, 0) is 38.3 Å². The van der Waals surface area contributed by atoms with E-state index in [-0.39, 0.29) is 45.6 Å². The first-order chi connectivity index (χ1) is 23.7. The van der Waals surface area contributed by atoms with Crippen molar-refractivity contribution >= 4 is 34.9 Å². The number of carbonyl (C=O) groups is 6. The van der Waals surface area contributed by atoms with Crippen molar-refractivity contribution in [1.29, 1.82) is 0 Å². The highest BCUT2D eigenvalue weighted by molar-refractivity contribution is 6.01. The average Bonchev–Trinajstić information content (AvgIpc) is 3.00. The summed E-state index contributed by atoms with van der Waals surface area (Å²) in [6, 6.07) is 7.72. The SMILES string of the molecule is CC(C)(C)C(=O)/C=C\C(=O)O.CCCC(=O)C(C)(C)C.CCCCC(=O)C(C)(C)C.CCOCC(=O)C(C)(C)C.Cc1ccccc1C(=O)C(C)(C)C. The van der Waals surface area contributed by atoms with Crippen molar-refractivity contribution in [3.05, 3.63) is 47.5 Å². The Morgan fingerprint density at radius 2 is 1.02 bits per heavy atom. The number of Topliss-reactive ketones (excluding diaryl/α,β-unsaturated/α-hetero) is 4. The van der Waals surface area contributed by atoms with Crippen molar-refractivity contribution in [3.8, 4) is 0 Å². The predicted molar refractivity (Wildman–Crippen MR) is 221 cm³/mol. The topological polar surface area (TPSA) is 132 Å². The molecule has 1 N–H and O–H groups in total. The number of unbranched alkanes of at least 4 members (excludes halogenated alkanes) is 1. The number of carbonyl (C=O) groups excluding carboxylic acids is 5. The molecule has 0 saturated heterocycles. The lowest BCUT2D eigenvalue weighted by Crippen LogP contribution is -2.24. The average molecular weight is 747 g/mol. The molecule has 306 valence electrons. The fourth-order valence-corrected chi connectivity index (χ4v) is 3.35. The van der Waals surface area contributed by atoms with Gasteiger partial charge in [0.1, 0.15) is 18.2 Å². The maximum Gasteiger partial charge on any atom is 0.328 e. The number of ether oxygens (including phenoxy) is 1. The summed E-state index contributed by atoms with van der Waals surface area (Å²) in [4.78, 5) is 66.3. The molecule has 0 saturated carbocycles. The van der Waals surface area contributed by atoms with Crippen LogP contribution in [0.1, 0.15) is 173 Å². The molecule has 1 rings (SSSR count). The Morgan fingerprint density at radius 1 is 0.585 bits per heavy atom. The number of allylic oxidation sites excluding steroid dienone is 1. The molecule has 0 aliphatic carbocycles. The zero-order chi connectivity index (χ0) is 43.0. The number of aliphatic carboxylic acids is 1. The molecule has 0 fully saturated rings. The van der Waals surface area contributed by atoms with Gasteiger partial charge in [0.25, 0.3) is 0 Å². The van der Waals surface area contributed by atoms with Crippen molar-refractivity contribution in [1.82, 2.24) is 0 Å². The van der Waals surface area contributed by atoms with Crippen LogP contribution in [0.3, 0.4) is 0 Å². The number of ketones is 5. The molecule has 0 amide bonds. The molecule has 0 unspecified atom stereocenters. The van der Waals surface area contributed by atoms with Crippen molar-refractivity contribution in [3.63, 3.8) is 0 Å². The molecular weight excluding hydrogens is 668 g/mol. The summed E-state index contributed by atoms with van der Waals surface area (Å²) in [5, 5.41) is 8.19. The van der Waals surface area contributed by atoms with E-state index in [4.69, 9.17) is 9.84 Å². The van der Waals surface area contributed by atoms with Crippen LogP contribution >= 0.6 is 0 Å². The molecule has 0 aliphatic rings. The molecule has 8 heteroatoms. The highest BCUT2D eigenvalue weighted by Gasteiger charge is 2.24. The van der Waals surface area contributed by atoms with E-state index >= 15 is 0 Å².